The Balaban J connectivity index is 1.39. The van der Waals surface area contributed by atoms with Gasteiger partial charge in [0, 0.05) is 30.8 Å². The molecular formula is C19H25N3O. The smallest absolute Gasteiger partial charge is 0.226 e. The molecule has 2 fully saturated rings. The van der Waals surface area contributed by atoms with Gasteiger partial charge in [0.1, 0.15) is 0 Å². The lowest BCUT2D eigenvalue weighted by Crippen LogP contribution is -2.17. The van der Waals surface area contributed by atoms with Crippen molar-refractivity contribution < 1.29 is 4.52 Å². The molecule has 4 heteroatoms. The molecule has 1 saturated heterocycles. The van der Waals surface area contributed by atoms with Gasteiger partial charge >= 0.3 is 0 Å². The van der Waals surface area contributed by atoms with Crippen molar-refractivity contribution in [1.82, 2.24) is 10.1 Å². The van der Waals surface area contributed by atoms with Crippen LogP contribution in [0.15, 0.2) is 28.8 Å². The first-order valence-electron chi connectivity index (χ1n) is 9.06. The Morgan fingerprint density at radius 3 is 2.48 bits per heavy atom. The lowest BCUT2D eigenvalue weighted by molar-refractivity contribution is 0.362. The van der Waals surface area contributed by atoms with Gasteiger partial charge in [-0.05, 0) is 49.4 Å². The van der Waals surface area contributed by atoms with E-state index in [1.165, 1.54) is 63.7 Å². The van der Waals surface area contributed by atoms with Crippen molar-refractivity contribution >= 4 is 5.69 Å². The number of aromatic nitrogens is 2. The normalized spacial score (nSPS) is 18.9. The molecule has 0 atom stereocenters. The third kappa shape index (κ3) is 3.41. The molecule has 2 heterocycles. The molecule has 1 saturated carbocycles. The lowest BCUT2D eigenvalue weighted by atomic mass is 10.0. The minimum Gasteiger partial charge on any atom is -0.372 e. The summed E-state index contributed by atoms with van der Waals surface area (Å²) in [6.45, 7) is 2.35. The molecule has 4 rings (SSSR count). The number of aryl methyl sites for hydroxylation is 1. The molecule has 1 aromatic carbocycles. The zero-order chi connectivity index (χ0) is 15.5. The minimum atomic E-state index is 0.722. The fourth-order valence-corrected chi connectivity index (χ4v) is 3.90. The molecule has 1 aliphatic carbocycles. The second-order valence-corrected chi connectivity index (χ2v) is 6.94. The van der Waals surface area contributed by atoms with Gasteiger partial charge < -0.3 is 9.42 Å². The molecule has 0 N–H and O–H groups in total. The highest BCUT2D eigenvalue weighted by atomic mass is 16.5. The maximum atomic E-state index is 5.44. The molecule has 0 amide bonds. The van der Waals surface area contributed by atoms with E-state index in [1.54, 1.807) is 0 Å². The van der Waals surface area contributed by atoms with Crippen molar-refractivity contribution in [2.75, 3.05) is 18.0 Å². The molecular weight excluding hydrogens is 286 g/mol. The van der Waals surface area contributed by atoms with Gasteiger partial charge in [0.15, 0.2) is 0 Å². The summed E-state index contributed by atoms with van der Waals surface area (Å²) in [6, 6.07) is 8.57. The number of hydrogen-bond acceptors (Lipinski definition) is 4. The van der Waals surface area contributed by atoms with Crippen LogP contribution in [-0.4, -0.2) is 23.2 Å². The Morgan fingerprint density at radius 2 is 1.74 bits per heavy atom. The van der Waals surface area contributed by atoms with Crippen LogP contribution in [0.3, 0.4) is 0 Å². The van der Waals surface area contributed by atoms with E-state index in [0.717, 1.165) is 29.6 Å². The van der Waals surface area contributed by atoms with E-state index in [4.69, 9.17) is 4.52 Å². The summed E-state index contributed by atoms with van der Waals surface area (Å²) < 4.78 is 5.44. The van der Waals surface area contributed by atoms with E-state index in [1.807, 2.05) is 0 Å². The molecule has 23 heavy (non-hydrogen) atoms. The SMILES string of the molecule is c1cc(N2CCCC2)ccc1-c1noc(CCC2CCCC2)n1. The summed E-state index contributed by atoms with van der Waals surface area (Å²) in [6.07, 6.45) is 10.2. The van der Waals surface area contributed by atoms with Gasteiger partial charge in [-0.15, -0.1) is 0 Å². The fraction of sp³-hybridized carbons (Fsp3) is 0.579. The summed E-state index contributed by atoms with van der Waals surface area (Å²) in [5, 5.41) is 4.16. The summed E-state index contributed by atoms with van der Waals surface area (Å²) >= 11 is 0. The van der Waals surface area contributed by atoms with Crippen LogP contribution in [0.5, 0.6) is 0 Å². The summed E-state index contributed by atoms with van der Waals surface area (Å²) in [4.78, 5) is 7.01. The Morgan fingerprint density at radius 1 is 1.00 bits per heavy atom. The first-order chi connectivity index (χ1) is 11.4. The highest BCUT2D eigenvalue weighted by Gasteiger charge is 2.17. The van der Waals surface area contributed by atoms with Crippen LogP contribution < -0.4 is 4.90 Å². The molecule has 1 aliphatic heterocycles. The zero-order valence-electron chi connectivity index (χ0n) is 13.7. The Hall–Kier alpha value is -1.84. The van der Waals surface area contributed by atoms with Crippen molar-refractivity contribution in [1.29, 1.82) is 0 Å². The topological polar surface area (TPSA) is 42.2 Å². The zero-order valence-corrected chi connectivity index (χ0v) is 13.7. The lowest BCUT2D eigenvalue weighted by Gasteiger charge is -2.17. The van der Waals surface area contributed by atoms with Gasteiger partial charge in [-0.2, -0.15) is 4.98 Å². The van der Waals surface area contributed by atoms with Crippen LogP contribution in [0.4, 0.5) is 5.69 Å². The van der Waals surface area contributed by atoms with E-state index >= 15 is 0 Å². The third-order valence-electron chi connectivity index (χ3n) is 5.31. The molecule has 0 bridgehead atoms. The highest BCUT2D eigenvalue weighted by molar-refractivity contribution is 5.60. The van der Waals surface area contributed by atoms with Crippen molar-refractivity contribution in [3.05, 3.63) is 30.2 Å². The van der Waals surface area contributed by atoms with Gasteiger partial charge in [-0.3, -0.25) is 0 Å². The predicted octanol–water partition coefficient (Wildman–Crippen LogP) is 4.46. The summed E-state index contributed by atoms with van der Waals surface area (Å²) in [5.41, 5.74) is 2.35. The van der Waals surface area contributed by atoms with E-state index in [0.29, 0.717) is 0 Å². The van der Waals surface area contributed by atoms with E-state index in [9.17, 15) is 0 Å². The molecule has 2 aliphatic rings. The second-order valence-electron chi connectivity index (χ2n) is 6.94. The standard InChI is InChI=1S/C19H25N3O/c1-2-6-15(5-1)7-12-18-20-19(21-23-18)16-8-10-17(11-9-16)22-13-3-4-14-22/h8-11,15H,1-7,12-14H2. The molecule has 4 nitrogen and oxygen atoms in total. The molecule has 0 spiro atoms. The second kappa shape index (κ2) is 6.73. The van der Waals surface area contributed by atoms with Gasteiger partial charge in [0.25, 0.3) is 0 Å². The van der Waals surface area contributed by atoms with Crippen LogP contribution in [0.1, 0.15) is 50.8 Å². The first-order valence-corrected chi connectivity index (χ1v) is 9.06. The molecule has 1 aromatic heterocycles. The average molecular weight is 311 g/mol. The Kier molecular flexibility index (Phi) is 4.31. The summed E-state index contributed by atoms with van der Waals surface area (Å²) in [7, 11) is 0. The predicted molar refractivity (Wildman–Crippen MR) is 91.5 cm³/mol. The molecule has 0 radical (unpaired) electrons. The number of hydrogen-bond donors (Lipinski definition) is 0. The van der Waals surface area contributed by atoms with Gasteiger partial charge in [0.05, 0.1) is 0 Å². The Labute approximate surface area is 137 Å². The van der Waals surface area contributed by atoms with Crippen molar-refractivity contribution in [3.63, 3.8) is 0 Å². The van der Waals surface area contributed by atoms with Crippen LogP contribution >= 0.6 is 0 Å². The minimum absolute atomic E-state index is 0.722. The van der Waals surface area contributed by atoms with Gasteiger partial charge in [-0.25, -0.2) is 0 Å². The quantitative estimate of drug-likeness (QED) is 0.817. The van der Waals surface area contributed by atoms with E-state index < -0.39 is 0 Å². The van der Waals surface area contributed by atoms with Crippen LogP contribution in [0, 0.1) is 5.92 Å². The molecule has 0 unspecified atom stereocenters. The monoisotopic (exact) mass is 311 g/mol. The average Bonchev–Trinajstić information content (AvgIpc) is 3.35. The molecule has 122 valence electrons. The highest BCUT2D eigenvalue weighted by Crippen LogP contribution is 2.29. The van der Waals surface area contributed by atoms with E-state index in [2.05, 4.69) is 39.3 Å². The number of rotatable bonds is 5. The van der Waals surface area contributed by atoms with E-state index in [-0.39, 0.29) is 0 Å². The Bertz CT molecular complexity index is 622. The first kappa shape index (κ1) is 14.7. The molecule has 2 aromatic rings. The maximum absolute atomic E-state index is 5.44. The summed E-state index contributed by atoms with van der Waals surface area (Å²) in [5.74, 6) is 2.38. The van der Waals surface area contributed by atoms with Crippen LogP contribution in [0.25, 0.3) is 11.4 Å². The van der Waals surface area contributed by atoms with Crippen LogP contribution in [-0.2, 0) is 6.42 Å². The number of anilines is 1. The van der Waals surface area contributed by atoms with Gasteiger partial charge in [-0.1, -0.05) is 30.8 Å². The fourth-order valence-electron chi connectivity index (χ4n) is 3.90. The maximum Gasteiger partial charge on any atom is 0.226 e. The van der Waals surface area contributed by atoms with Crippen molar-refractivity contribution in [2.45, 2.75) is 51.4 Å². The van der Waals surface area contributed by atoms with Crippen molar-refractivity contribution in [2.24, 2.45) is 5.92 Å². The van der Waals surface area contributed by atoms with Crippen molar-refractivity contribution in [3.8, 4) is 11.4 Å². The van der Waals surface area contributed by atoms with Crippen LogP contribution in [0.2, 0.25) is 0 Å². The van der Waals surface area contributed by atoms with Gasteiger partial charge in [0.2, 0.25) is 11.7 Å². The number of nitrogens with zero attached hydrogens (tertiary/aromatic N) is 3. The largest absolute Gasteiger partial charge is 0.372 e. The third-order valence-corrected chi connectivity index (χ3v) is 5.31. The number of benzene rings is 1.